The molecule has 0 unspecified atom stereocenters. The van der Waals surface area contributed by atoms with Crippen LogP contribution < -0.4 is 27.0 Å². The van der Waals surface area contributed by atoms with Crippen LogP contribution in [0.25, 0.3) is 10.9 Å². The minimum Gasteiger partial charge on any atom is -0.370 e. The van der Waals surface area contributed by atoms with Gasteiger partial charge in [0, 0.05) is 43.1 Å². The van der Waals surface area contributed by atoms with E-state index in [1.54, 1.807) is 18.2 Å². The average Bonchev–Trinajstić information content (AvgIpc) is 3.25. The molecule has 4 heterocycles. The summed E-state index contributed by atoms with van der Waals surface area (Å²) < 4.78 is 43.8. The van der Waals surface area contributed by atoms with E-state index in [-0.39, 0.29) is 35.1 Å². The Hall–Kier alpha value is -4.12. The van der Waals surface area contributed by atoms with Crippen LogP contribution in [0.4, 0.5) is 18.9 Å². The highest BCUT2D eigenvalue weighted by atomic mass is 19.2. The molecule has 11 heteroatoms. The maximum Gasteiger partial charge on any atom is 0.332 e. The molecule has 4 aromatic rings. The van der Waals surface area contributed by atoms with Crippen molar-refractivity contribution in [1.82, 2.24) is 19.4 Å². The Kier molecular flexibility index (Phi) is 5.94. The minimum absolute atomic E-state index is 0.0122. The fraction of sp³-hybridized carbons (Fsp3) is 0.296. The van der Waals surface area contributed by atoms with Gasteiger partial charge in [0.2, 0.25) is 0 Å². The largest absolute Gasteiger partial charge is 0.370 e. The van der Waals surface area contributed by atoms with Crippen LogP contribution in [-0.4, -0.2) is 39.8 Å². The molecule has 2 saturated heterocycles. The molecule has 0 saturated carbocycles. The zero-order valence-electron chi connectivity index (χ0n) is 20.2. The lowest BCUT2D eigenvalue weighted by molar-refractivity contribution is 0.444. The third-order valence-corrected chi connectivity index (χ3v) is 7.42. The van der Waals surface area contributed by atoms with Gasteiger partial charge in [-0.2, -0.15) is 0 Å². The summed E-state index contributed by atoms with van der Waals surface area (Å²) >= 11 is 0. The van der Waals surface area contributed by atoms with Crippen LogP contribution in [0, 0.1) is 23.4 Å². The molecule has 2 fully saturated rings. The normalized spacial score (nSPS) is 18.9. The van der Waals surface area contributed by atoms with E-state index in [1.807, 2.05) is 6.07 Å². The second-order valence-corrected chi connectivity index (χ2v) is 9.97. The molecule has 2 aromatic carbocycles. The van der Waals surface area contributed by atoms with Gasteiger partial charge in [-0.3, -0.25) is 18.7 Å². The van der Waals surface area contributed by atoms with E-state index < -0.39 is 34.3 Å². The molecular formula is C27H24F3N5O3. The zero-order valence-corrected chi connectivity index (χ0v) is 20.2. The van der Waals surface area contributed by atoms with Crippen LogP contribution in [0.3, 0.4) is 0 Å². The van der Waals surface area contributed by atoms with Gasteiger partial charge in [0.25, 0.3) is 11.1 Å². The molecule has 2 aliphatic rings. The Morgan fingerprint density at radius 3 is 2.45 bits per heavy atom. The van der Waals surface area contributed by atoms with Crippen LogP contribution >= 0.6 is 0 Å². The third-order valence-electron chi connectivity index (χ3n) is 7.42. The number of nitrogens with zero attached hydrogens (tertiary/aromatic N) is 3. The van der Waals surface area contributed by atoms with Gasteiger partial charge < -0.3 is 15.2 Å². The van der Waals surface area contributed by atoms with Crippen LogP contribution in [0.2, 0.25) is 0 Å². The van der Waals surface area contributed by atoms with Gasteiger partial charge >= 0.3 is 5.69 Å². The highest BCUT2D eigenvalue weighted by molar-refractivity contribution is 5.82. The number of pyridine rings is 1. The fourth-order valence-electron chi connectivity index (χ4n) is 5.57. The highest BCUT2D eigenvalue weighted by Crippen LogP contribution is 2.28. The Morgan fingerprint density at radius 2 is 1.71 bits per heavy atom. The van der Waals surface area contributed by atoms with Gasteiger partial charge in [0.1, 0.15) is 0 Å². The molecule has 0 amide bonds. The van der Waals surface area contributed by atoms with Crippen LogP contribution in [0.1, 0.15) is 17.5 Å². The molecule has 2 aliphatic heterocycles. The van der Waals surface area contributed by atoms with Gasteiger partial charge in [-0.25, -0.2) is 18.0 Å². The van der Waals surface area contributed by atoms with E-state index in [0.717, 1.165) is 48.4 Å². The van der Waals surface area contributed by atoms with Gasteiger partial charge in [0.05, 0.1) is 24.0 Å². The number of nitrogens with one attached hydrogen (secondary N) is 2. The third kappa shape index (κ3) is 4.22. The first kappa shape index (κ1) is 24.2. The van der Waals surface area contributed by atoms with Crippen molar-refractivity contribution >= 4 is 16.6 Å². The SMILES string of the molecule is O=c1[nH]cccc1Cn1c(=O)c2ccc(N3C[C@@H]4CN[C@@H](C4)C3)cc2n(Cc2cc(F)c(F)c(F)c2)c1=O. The standard InChI is InChI=1S/C27H24F3N5O3/c28-21-7-15(8-22(29)24(21)30)12-34-23-9-19(33-11-16-6-18(14-33)32-10-16)3-4-20(23)26(37)35(27(34)38)13-17-2-1-5-31-25(17)36/h1-5,7-9,16,18,32H,6,10-14H2,(H,31,36)/t16-,18-/m0/s1. The summed E-state index contributed by atoms with van der Waals surface area (Å²) in [7, 11) is 0. The van der Waals surface area contributed by atoms with E-state index >= 15 is 0 Å². The number of benzene rings is 2. The van der Waals surface area contributed by atoms with Crippen molar-refractivity contribution in [2.75, 3.05) is 24.5 Å². The lowest BCUT2D eigenvalue weighted by atomic mass is 9.99. The first-order valence-electron chi connectivity index (χ1n) is 12.3. The number of fused-ring (bicyclic) bond motifs is 3. The van der Waals surface area contributed by atoms with Crippen molar-refractivity contribution in [3.63, 3.8) is 0 Å². The predicted octanol–water partition coefficient (Wildman–Crippen LogP) is 2.16. The van der Waals surface area contributed by atoms with E-state index in [1.165, 1.54) is 16.8 Å². The molecule has 38 heavy (non-hydrogen) atoms. The van der Waals surface area contributed by atoms with E-state index in [9.17, 15) is 27.6 Å². The van der Waals surface area contributed by atoms with E-state index in [0.29, 0.717) is 12.0 Å². The predicted molar refractivity (Wildman–Crippen MR) is 136 cm³/mol. The minimum atomic E-state index is -1.60. The molecule has 2 atom stereocenters. The number of halogens is 3. The van der Waals surface area contributed by atoms with Gasteiger partial charge in [0.15, 0.2) is 17.5 Å². The molecule has 2 aromatic heterocycles. The smallest absolute Gasteiger partial charge is 0.332 e. The van der Waals surface area contributed by atoms with Crippen LogP contribution in [0.5, 0.6) is 0 Å². The highest BCUT2D eigenvalue weighted by Gasteiger charge is 2.32. The summed E-state index contributed by atoms with van der Waals surface area (Å²) in [6.45, 7) is 1.92. The Bertz CT molecular complexity index is 1710. The van der Waals surface area contributed by atoms with Gasteiger partial charge in [-0.1, -0.05) is 6.07 Å². The van der Waals surface area contributed by atoms with Crippen molar-refractivity contribution in [1.29, 1.82) is 0 Å². The van der Waals surface area contributed by atoms with Gasteiger partial charge in [-0.05, 0) is 54.3 Å². The summed E-state index contributed by atoms with van der Waals surface area (Å²) in [4.78, 5) is 44.1. The van der Waals surface area contributed by atoms with E-state index in [4.69, 9.17) is 0 Å². The number of H-pyrrole nitrogens is 1. The Balaban J connectivity index is 1.52. The van der Waals surface area contributed by atoms with Crippen molar-refractivity contribution in [2.24, 2.45) is 5.92 Å². The number of hydrogen-bond acceptors (Lipinski definition) is 5. The number of hydrogen-bond donors (Lipinski definition) is 2. The second kappa shape index (κ2) is 9.32. The molecule has 0 aliphatic carbocycles. The van der Waals surface area contributed by atoms with Crippen molar-refractivity contribution < 1.29 is 13.2 Å². The molecule has 6 rings (SSSR count). The first-order valence-corrected chi connectivity index (χ1v) is 12.3. The summed E-state index contributed by atoms with van der Waals surface area (Å²) in [6.07, 6.45) is 2.54. The summed E-state index contributed by atoms with van der Waals surface area (Å²) in [6, 6.07) is 10.3. The number of aromatic amines is 1. The lowest BCUT2D eigenvalue weighted by Gasteiger charge is -2.33. The quantitative estimate of drug-likeness (QED) is 0.392. The molecule has 8 nitrogen and oxygen atoms in total. The van der Waals surface area contributed by atoms with Crippen LogP contribution in [0.15, 0.2) is 63.0 Å². The fourth-order valence-corrected chi connectivity index (χ4v) is 5.57. The first-order chi connectivity index (χ1) is 18.3. The molecular weight excluding hydrogens is 499 g/mol. The van der Waals surface area contributed by atoms with Crippen molar-refractivity contribution in [3.8, 4) is 0 Å². The Morgan fingerprint density at radius 1 is 0.921 bits per heavy atom. The van der Waals surface area contributed by atoms with E-state index in [2.05, 4.69) is 15.2 Å². The number of piperidine rings is 1. The maximum absolute atomic E-state index is 14.0. The Labute approximate surface area is 214 Å². The lowest BCUT2D eigenvalue weighted by Crippen LogP contribution is -2.42. The number of rotatable bonds is 5. The number of anilines is 1. The molecule has 0 radical (unpaired) electrons. The second-order valence-electron chi connectivity index (χ2n) is 9.97. The number of aromatic nitrogens is 3. The average molecular weight is 524 g/mol. The zero-order chi connectivity index (χ0) is 26.6. The molecule has 2 bridgehead atoms. The summed E-state index contributed by atoms with van der Waals surface area (Å²) in [5.41, 5.74) is -0.482. The molecule has 0 spiro atoms. The monoisotopic (exact) mass is 523 g/mol. The maximum atomic E-state index is 14.0. The van der Waals surface area contributed by atoms with Crippen molar-refractivity contribution in [2.45, 2.75) is 25.6 Å². The van der Waals surface area contributed by atoms with Crippen LogP contribution in [-0.2, 0) is 13.1 Å². The molecule has 196 valence electrons. The summed E-state index contributed by atoms with van der Waals surface area (Å²) in [5, 5.41) is 3.70. The van der Waals surface area contributed by atoms with Crippen molar-refractivity contribution in [3.05, 3.63) is 108 Å². The summed E-state index contributed by atoms with van der Waals surface area (Å²) in [5.74, 6) is -3.86. The topological polar surface area (TPSA) is 92.1 Å². The van der Waals surface area contributed by atoms with Gasteiger partial charge in [-0.15, -0.1) is 0 Å². The molecule has 2 N–H and O–H groups in total.